The highest BCUT2D eigenvalue weighted by molar-refractivity contribution is 6.14. The number of nitrogens with one attached hydrogen (secondary N) is 1. The largest absolute Gasteiger partial charge is 0.456 e. The normalized spacial score (nSPS) is 14.6. The first-order valence-corrected chi connectivity index (χ1v) is 9.28. The van der Waals surface area contributed by atoms with Gasteiger partial charge in [-0.1, -0.05) is 42.5 Å². The summed E-state index contributed by atoms with van der Waals surface area (Å²) in [7, 11) is 0. The maximum absolute atomic E-state index is 12.8. The van der Waals surface area contributed by atoms with E-state index in [1.54, 1.807) is 68.4 Å². The van der Waals surface area contributed by atoms with Gasteiger partial charge in [-0.25, -0.2) is 0 Å². The molecule has 0 bridgehead atoms. The van der Waals surface area contributed by atoms with Crippen LogP contribution in [0.3, 0.4) is 0 Å². The summed E-state index contributed by atoms with van der Waals surface area (Å²) < 4.78 is 5.07. The van der Waals surface area contributed by atoms with E-state index in [1.807, 2.05) is 0 Å². The molecule has 150 valence electrons. The quantitative estimate of drug-likeness (QED) is 0.601. The van der Waals surface area contributed by atoms with E-state index in [9.17, 15) is 19.2 Å². The van der Waals surface area contributed by atoms with Crippen LogP contribution in [0.25, 0.3) is 0 Å². The van der Waals surface area contributed by atoms with E-state index in [2.05, 4.69) is 5.32 Å². The number of para-hydroxylation sites is 2. The number of Topliss-reactive ketones (excluding diaryl/α,β-unsaturated/α-hetero) is 1. The fraction of sp³-hybridized carbons (Fsp3) is 0.273. The molecule has 1 aliphatic heterocycles. The number of benzene rings is 2. The van der Waals surface area contributed by atoms with Crippen LogP contribution in [-0.2, 0) is 19.1 Å². The molecule has 0 saturated heterocycles. The van der Waals surface area contributed by atoms with Crippen LogP contribution in [0.1, 0.15) is 37.0 Å². The molecular weight excluding hydrogens is 372 g/mol. The maximum Gasteiger partial charge on any atom is 0.306 e. The molecule has 29 heavy (non-hydrogen) atoms. The minimum Gasteiger partial charge on any atom is -0.456 e. The lowest BCUT2D eigenvalue weighted by Crippen LogP contribution is -2.59. The van der Waals surface area contributed by atoms with Gasteiger partial charge >= 0.3 is 5.97 Å². The number of rotatable bonds is 6. The van der Waals surface area contributed by atoms with Crippen molar-refractivity contribution < 1.29 is 23.9 Å². The molecule has 2 aromatic rings. The van der Waals surface area contributed by atoms with Crippen LogP contribution < -0.4 is 10.2 Å². The Bertz CT molecular complexity index is 953. The number of anilines is 2. The molecular formula is C22H22N2O5. The molecule has 1 aliphatic rings. The second kappa shape index (κ2) is 8.26. The molecule has 7 nitrogen and oxygen atoms in total. The summed E-state index contributed by atoms with van der Waals surface area (Å²) in [6.07, 6.45) is -0.126. The van der Waals surface area contributed by atoms with E-state index in [0.717, 1.165) is 0 Å². The highest BCUT2D eigenvalue weighted by atomic mass is 16.5. The predicted molar refractivity (Wildman–Crippen MR) is 108 cm³/mol. The number of amides is 2. The van der Waals surface area contributed by atoms with Crippen LogP contribution in [0.4, 0.5) is 11.4 Å². The van der Waals surface area contributed by atoms with Gasteiger partial charge in [0.1, 0.15) is 5.54 Å². The zero-order chi connectivity index (χ0) is 21.0. The molecule has 0 saturated carbocycles. The molecule has 1 heterocycles. The number of fused-ring (bicyclic) bond motifs is 1. The first kappa shape index (κ1) is 20.3. The van der Waals surface area contributed by atoms with Crippen molar-refractivity contribution in [1.82, 2.24) is 0 Å². The Hall–Kier alpha value is -3.48. The van der Waals surface area contributed by atoms with Gasteiger partial charge in [-0.05, 0) is 26.0 Å². The zero-order valence-corrected chi connectivity index (χ0v) is 16.3. The number of carbonyl (C=O) groups is 4. The number of esters is 1. The Morgan fingerprint density at radius 1 is 0.966 bits per heavy atom. The molecule has 0 spiro atoms. The Balaban J connectivity index is 1.60. The van der Waals surface area contributed by atoms with Crippen molar-refractivity contribution in [2.45, 2.75) is 32.2 Å². The number of carbonyl (C=O) groups excluding carboxylic acids is 4. The summed E-state index contributed by atoms with van der Waals surface area (Å²) in [6, 6.07) is 15.6. The van der Waals surface area contributed by atoms with Crippen LogP contribution in [0.15, 0.2) is 54.6 Å². The number of nitrogens with zero attached hydrogens (tertiary/aromatic N) is 1. The van der Waals surface area contributed by atoms with E-state index in [4.69, 9.17) is 4.74 Å². The van der Waals surface area contributed by atoms with E-state index in [0.29, 0.717) is 16.9 Å². The van der Waals surface area contributed by atoms with E-state index in [1.165, 1.54) is 4.90 Å². The third-order valence-electron chi connectivity index (χ3n) is 4.77. The lowest BCUT2D eigenvalue weighted by atomic mass is 9.96. The van der Waals surface area contributed by atoms with Gasteiger partial charge in [-0.15, -0.1) is 0 Å². The van der Waals surface area contributed by atoms with Crippen LogP contribution >= 0.6 is 0 Å². The van der Waals surface area contributed by atoms with Crippen molar-refractivity contribution in [3.05, 3.63) is 60.2 Å². The fourth-order valence-corrected chi connectivity index (χ4v) is 3.16. The standard InChI is InChI=1S/C22H22N2O5/c1-22(2)21(28)23-16-10-6-7-11-17(16)24(22)19(26)14-29-20(27)13-12-18(25)15-8-4-3-5-9-15/h3-11H,12-14H2,1-2H3,(H,23,28). The average molecular weight is 394 g/mol. The lowest BCUT2D eigenvalue weighted by molar-refractivity contribution is -0.148. The smallest absolute Gasteiger partial charge is 0.306 e. The van der Waals surface area contributed by atoms with Crippen LogP contribution in [0.2, 0.25) is 0 Å². The average Bonchev–Trinajstić information content (AvgIpc) is 2.71. The zero-order valence-electron chi connectivity index (χ0n) is 16.3. The van der Waals surface area contributed by atoms with Crippen LogP contribution in [0.5, 0.6) is 0 Å². The molecule has 1 N–H and O–H groups in total. The predicted octanol–water partition coefficient (Wildman–Crippen LogP) is 2.96. The number of ether oxygens (including phenoxy) is 1. The van der Waals surface area contributed by atoms with Crippen molar-refractivity contribution in [2.24, 2.45) is 0 Å². The van der Waals surface area contributed by atoms with Crippen molar-refractivity contribution in [1.29, 1.82) is 0 Å². The van der Waals surface area contributed by atoms with Gasteiger partial charge in [0, 0.05) is 12.0 Å². The van der Waals surface area contributed by atoms with Gasteiger partial charge in [-0.3, -0.25) is 24.1 Å². The maximum atomic E-state index is 12.8. The Morgan fingerprint density at radius 2 is 1.62 bits per heavy atom. The molecule has 3 rings (SSSR count). The molecule has 0 atom stereocenters. The summed E-state index contributed by atoms with van der Waals surface area (Å²) in [6.45, 7) is 2.73. The van der Waals surface area contributed by atoms with Crippen molar-refractivity contribution in [2.75, 3.05) is 16.8 Å². The van der Waals surface area contributed by atoms with E-state index in [-0.39, 0.29) is 24.5 Å². The van der Waals surface area contributed by atoms with Gasteiger partial charge in [0.15, 0.2) is 12.4 Å². The second-order valence-corrected chi connectivity index (χ2v) is 7.21. The molecule has 0 fully saturated rings. The molecule has 0 aliphatic carbocycles. The van der Waals surface area contributed by atoms with Gasteiger partial charge < -0.3 is 10.1 Å². The van der Waals surface area contributed by atoms with E-state index >= 15 is 0 Å². The number of hydrogen-bond acceptors (Lipinski definition) is 5. The summed E-state index contributed by atoms with van der Waals surface area (Å²) in [5, 5.41) is 2.77. The molecule has 7 heteroatoms. The highest BCUT2D eigenvalue weighted by Crippen LogP contribution is 2.36. The van der Waals surface area contributed by atoms with Crippen LogP contribution in [0, 0.1) is 0 Å². The number of hydrogen-bond donors (Lipinski definition) is 1. The molecule has 0 radical (unpaired) electrons. The SMILES string of the molecule is CC1(C)C(=O)Nc2ccccc2N1C(=O)COC(=O)CCC(=O)c1ccccc1. The minimum absolute atomic E-state index is 0.00250. The second-order valence-electron chi connectivity index (χ2n) is 7.21. The van der Waals surface area contributed by atoms with Gasteiger partial charge in [0.2, 0.25) is 5.91 Å². The molecule has 2 amide bonds. The molecule has 0 unspecified atom stereocenters. The Morgan fingerprint density at radius 3 is 2.34 bits per heavy atom. The summed E-state index contributed by atoms with van der Waals surface area (Å²) in [4.78, 5) is 50.6. The lowest BCUT2D eigenvalue weighted by Gasteiger charge is -2.41. The van der Waals surface area contributed by atoms with Gasteiger partial charge in [-0.2, -0.15) is 0 Å². The molecule has 2 aromatic carbocycles. The van der Waals surface area contributed by atoms with Crippen molar-refractivity contribution in [3.63, 3.8) is 0 Å². The van der Waals surface area contributed by atoms with E-state index < -0.39 is 24.0 Å². The third-order valence-corrected chi connectivity index (χ3v) is 4.77. The van der Waals surface area contributed by atoms with Gasteiger partial charge in [0.25, 0.3) is 5.91 Å². The minimum atomic E-state index is -1.14. The Kier molecular flexibility index (Phi) is 5.77. The Labute approximate surface area is 168 Å². The third kappa shape index (κ3) is 4.34. The summed E-state index contributed by atoms with van der Waals surface area (Å²) in [5.74, 6) is -1.66. The van der Waals surface area contributed by atoms with Crippen molar-refractivity contribution in [3.8, 4) is 0 Å². The van der Waals surface area contributed by atoms with Crippen molar-refractivity contribution >= 4 is 34.9 Å². The highest BCUT2D eigenvalue weighted by Gasteiger charge is 2.43. The molecule has 0 aromatic heterocycles. The van der Waals surface area contributed by atoms with Crippen LogP contribution in [-0.4, -0.2) is 35.7 Å². The first-order chi connectivity index (χ1) is 13.8. The topological polar surface area (TPSA) is 92.8 Å². The van der Waals surface area contributed by atoms with Gasteiger partial charge in [0.05, 0.1) is 17.8 Å². The fourth-order valence-electron chi connectivity index (χ4n) is 3.16. The monoisotopic (exact) mass is 394 g/mol. The summed E-state index contributed by atoms with van der Waals surface area (Å²) in [5.41, 5.74) is 0.442. The summed E-state index contributed by atoms with van der Waals surface area (Å²) >= 11 is 0. The first-order valence-electron chi connectivity index (χ1n) is 9.28. The number of ketones is 1.